The van der Waals surface area contributed by atoms with Crippen molar-refractivity contribution in [1.82, 2.24) is 10.6 Å². The first-order valence-electron chi connectivity index (χ1n) is 47.2. The Labute approximate surface area is 762 Å². The van der Waals surface area contributed by atoms with E-state index in [0.717, 1.165) is 17.6 Å². The minimum absolute atomic E-state index is 0.0266. The number of aliphatic hydroxyl groups excluding tert-OH is 2. The van der Waals surface area contributed by atoms with Crippen molar-refractivity contribution in [2.24, 2.45) is 47.3 Å². The quantitative estimate of drug-likeness (QED) is 0.0582. The molecule has 39 atom stereocenters. The highest BCUT2D eigenvalue weighted by molar-refractivity contribution is 5.80. The van der Waals surface area contributed by atoms with E-state index in [0.29, 0.717) is 73.7 Å². The third-order valence-electron chi connectivity index (χ3n) is 29.3. The molecule has 30 nitrogen and oxygen atoms in total. The number of allylic oxidation sites excluding steroid dienone is 4. The molecular formula is C99H148N2O28. The van der Waals surface area contributed by atoms with Crippen LogP contribution in [-0.2, 0) is 114 Å². The molecular weight excluding hydrogens is 1670 g/mol. The number of carbonyl (C=O) groups excluding carboxylic acids is 4. The molecule has 129 heavy (non-hydrogen) atoms. The lowest BCUT2D eigenvalue weighted by molar-refractivity contribution is -0.311. The molecule has 0 unspecified atom stereocenters. The predicted molar refractivity (Wildman–Crippen MR) is 473 cm³/mol. The normalized spacial score (nSPS) is 47.1. The fourth-order valence-corrected chi connectivity index (χ4v) is 21.9. The lowest BCUT2D eigenvalue weighted by Gasteiger charge is -2.48. The van der Waals surface area contributed by atoms with Crippen LogP contribution in [0.2, 0.25) is 0 Å². The van der Waals surface area contributed by atoms with Gasteiger partial charge >= 0.3 is 11.9 Å². The fourth-order valence-electron chi connectivity index (χ4n) is 21.9. The number of aliphatic hydroxyl groups is 4. The van der Waals surface area contributed by atoms with Gasteiger partial charge in [0.05, 0.1) is 111 Å². The van der Waals surface area contributed by atoms with Crippen LogP contribution in [0.3, 0.4) is 0 Å². The van der Waals surface area contributed by atoms with E-state index in [9.17, 15) is 39.6 Å². The Bertz CT molecular complexity index is 4190. The molecule has 0 aromatic heterocycles. The average Bonchev–Trinajstić information content (AvgIpc) is 1.60. The van der Waals surface area contributed by atoms with Crippen molar-refractivity contribution in [1.29, 1.82) is 0 Å². The molecule has 6 N–H and O–H groups in total. The van der Waals surface area contributed by atoms with Crippen LogP contribution in [0, 0.1) is 47.3 Å². The first kappa shape index (κ1) is 101. The molecule has 12 aliphatic heterocycles. The minimum Gasteiger partial charge on any atom is -0.462 e. The van der Waals surface area contributed by atoms with Gasteiger partial charge < -0.3 is 126 Å². The van der Waals surface area contributed by atoms with Gasteiger partial charge in [0.2, 0.25) is 11.8 Å². The summed E-state index contributed by atoms with van der Waals surface area (Å²) in [5, 5.41) is 53.4. The number of fused-ring (bicyclic) bond motifs is 4. The molecule has 722 valence electrons. The lowest BCUT2D eigenvalue weighted by atomic mass is 9.71. The fraction of sp³-hybridized carbons (Fsp3) is 0.758. The van der Waals surface area contributed by atoms with Crippen molar-refractivity contribution in [2.75, 3.05) is 41.7 Å². The standard InChI is InChI=1S/C50H75NO14.C49H73NO14/c1-12-26(2)45-29(5)18-19-49(65-45)24-36-21-35(64-49)17-16-28(4)44(27(3)14-13-15-34-25-58-47-43(53)30(6)20-37(48(54)61-36)50(34,47)55)62-41-23-39(57-11)46(32(8)60-41)63-40-22-38(56-10)42(31(7)59-40)51-33(9)52;1-25(2)43-28(5)17-18-48(64-43)23-35-20-34(63-48)16-15-27(4)44(26(3)13-12-14-33-24-57-46-42(52)29(6)19-36(47(53)60-35)49(33,46)54)61-40-22-38(56-11)45(31(8)59-40)62-39-21-37(55-10)41(30(7)58-39)50-32(9)51/h13-16,18-20,26-27,29,31-32,35-47,53,55H,12,17,21-25H2,1-11H3,(H,51,52);12-15,17-19,25-26,28,30-31,34-46,52,54H,16,20-24H2,1-11H3,(H,50,51)/b14-13+,28-16+,34-15+;13-12?,27-15-,33-14+/t26-,27-,29-,31-,32-,35+,36-,37-,38-,39-,40-,41-,42+,43+,44-,45+,46-,47+,49+,50+;26-,28-,30-,31-,34+,35-,36-,37-,38-,39-,40-,41+,42+,43+,44-,45-,46+,48+,49+/m00/s1. The Kier molecular flexibility index (Phi) is 33.4. The Morgan fingerprint density at radius 3 is 1.23 bits per heavy atom. The van der Waals surface area contributed by atoms with Crippen LogP contribution >= 0.6 is 0 Å². The summed E-state index contributed by atoms with van der Waals surface area (Å²) in [6, 6.07) is -0.629. The van der Waals surface area contributed by atoms with Gasteiger partial charge in [-0.1, -0.05) is 135 Å². The van der Waals surface area contributed by atoms with Crippen molar-refractivity contribution in [2.45, 2.75) is 390 Å². The molecule has 2 amide bonds. The zero-order valence-electron chi connectivity index (χ0n) is 79.6. The highest BCUT2D eigenvalue weighted by Crippen LogP contribution is 2.51. The summed E-state index contributed by atoms with van der Waals surface area (Å²) >= 11 is 0. The van der Waals surface area contributed by atoms with Crippen LogP contribution in [0.1, 0.15) is 195 Å². The molecule has 8 saturated heterocycles. The molecule has 0 aromatic rings. The van der Waals surface area contributed by atoms with Crippen LogP contribution in [0.25, 0.3) is 0 Å². The number of ether oxygens (including phenoxy) is 20. The van der Waals surface area contributed by atoms with E-state index in [2.05, 4.69) is 90.3 Å². The number of hydrogen-bond acceptors (Lipinski definition) is 28. The van der Waals surface area contributed by atoms with E-state index >= 15 is 0 Å². The number of carbonyl (C=O) groups is 4. The second kappa shape index (κ2) is 42.8. The minimum atomic E-state index is -1.84. The molecule has 2 spiro atoms. The van der Waals surface area contributed by atoms with Crippen LogP contribution in [-0.4, -0.2) is 280 Å². The molecule has 0 radical (unpaired) electrons. The van der Waals surface area contributed by atoms with E-state index in [-0.39, 0.29) is 122 Å². The first-order chi connectivity index (χ1) is 61.2. The third kappa shape index (κ3) is 22.2. The molecule has 8 fully saturated rings. The van der Waals surface area contributed by atoms with Crippen molar-refractivity contribution in [3.63, 3.8) is 0 Å². The number of rotatable bonds is 17. The summed E-state index contributed by atoms with van der Waals surface area (Å²) in [5.74, 6) is -5.56. The van der Waals surface area contributed by atoms with Gasteiger partial charge in [-0.05, 0) is 126 Å². The zero-order chi connectivity index (χ0) is 93.2. The van der Waals surface area contributed by atoms with Gasteiger partial charge in [0, 0.05) is 117 Å². The molecule has 4 bridgehead atoms. The Morgan fingerprint density at radius 1 is 0.481 bits per heavy atom. The second-order valence-electron chi connectivity index (χ2n) is 39.2. The maximum Gasteiger partial charge on any atom is 0.316 e. The third-order valence-corrected chi connectivity index (χ3v) is 29.3. The summed E-state index contributed by atoms with van der Waals surface area (Å²) in [6.45, 7) is 35.2. The van der Waals surface area contributed by atoms with Crippen molar-refractivity contribution in [3.8, 4) is 0 Å². The molecule has 14 aliphatic rings. The van der Waals surface area contributed by atoms with Crippen LogP contribution in [0.5, 0.6) is 0 Å². The first-order valence-corrected chi connectivity index (χ1v) is 47.2. The maximum absolute atomic E-state index is 14.4. The summed E-state index contributed by atoms with van der Waals surface area (Å²) in [7, 11) is 6.54. The van der Waals surface area contributed by atoms with E-state index in [1.54, 1.807) is 66.6 Å². The summed E-state index contributed by atoms with van der Waals surface area (Å²) in [6.07, 6.45) is 17.9. The molecule has 0 aromatic carbocycles. The molecule has 2 aliphatic carbocycles. The number of methoxy groups -OCH3 is 4. The Morgan fingerprint density at radius 2 is 0.853 bits per heavy atom. The highest BCUT2D eigenvalue weighted by atomic mass is 16.8. The SMILES string of the molecule is CC[C@H](C)[C@H]1O[C@]2(C=C[C@@H]1C)C[C@@H]1C[C@@H](C/C=C(\C)[C@@H](O[C@H]3C[C@H](OC)[C@@H](O[C@H]4C[C@H](OC)[C@H](NC(C)=O)[C@H](C)O4)[C@H](C)O3)[C@@H](C)/C=C/C=C3\CO[C@@H]4[C@H](O)C(C)=C[C@@H](C(=O)O1)[C@]34O)O2.CO[C@H]1C[C@H](O[C@H]2[C@H](C)O[C@@H](O[C@@H]3/C(C)=C\C[C@@H]4C[C@@H](C[C@]5(C=C[C@H](C)[C@@H](C(C)C)O5)O4)OC(=O)[C@@H]4C=C(C)[C@@H](O)[C@H]5OC/C(=C\C=C[C@@H]3C)[C@]54O)C[C@@H]2OC)O[C@@H](C)[C@H]1NC(C)=O. The lowest BCUT2D eigenvalue weighted by Crippen LogP contribution is -2.58. The van der Waals surface area contributed by atoms with Crippen molar-refractivity contribution < 1.29 is 134 Å². The predicted octanol–water partition coefficient (Wildman–Crippen LogP) is 10.7. The van der Waals surface area contributed by atoms with Gasteiger partial charge in [-0.3, -0.25) is 19.2 Å². The zero-order valence-corrected chi connectivity index (χ0v) is 79.6. The molecule has 14 rings (SSSR count). The van der Waals surface area contributed by atoms with Gasteiger partial charge in [0.1, 0.15) is 71.9 Å². The van der Waals surface area contributed by atoms with Gasteiger partial charge in [-0.25, -0.2) is 0 Å². The topological polar surface area (TPSA) is 358 Å². The molecule has 30 heteroatoms. The van der Waals surface area contributed by atoms with Crippen LogP contribution in [0.15, 0.2) is 119 Å². The van der Waals surface area contributed by atoms with E-state index < -0.39 is 169 Å². The average molecular weight is 1810 g/mol. The van der Waals surface area contributed by atoms with Crippen molar-refractivity contribution in [3.05, 3.63) is 119 Å². The highest BCUT2D eigenvalue weighted by Gasteiger charge is 2.63. The van der Waals surface area contributed by atoms with E-state index in [1.807, 2.05) is 78.0 Å². The number of esters is 2. The number of nitrogens with one attached hydrogen (secondary N) is 2. The van der Waals surface area contributed by atoms with E-state index in [1.165, 1.54) is 13.8 Å². The summed E-state index contributed by atoms with van der Waals surface area (Å²) in [4.78, 5) is 52.5. The van der Waals surface area contributed by atoms with Crippen molar-refractivity contribution >= 4 is 23.8 Å². The van der Waals surface area contributed by atoms with Gasteiger partial charge in [0.15, 0.2) is 36.7 Å². The van der Waals surface area contributed by atoms with Gasteiger partial charge in [-0.15, -0.1) is 0 Å². The second-order valence-corrected chi connectivity index (χ2v) is 39.2. The summed E-state index contributed by atoms with van der Waals surface area (Å²) < 4.78 is 129. The van der Waals surface area contributed by atoms with Gasteiger partial charge in [-0.2, -0.15) is 0 Å². The molecule has 0 saturated carbocycles. The number of amides is 2. The smallest absolute Gasteiger partial charge is 0.316 e. The number of hydrogen-bond donors (Lipinski definition) is 6. The van der Waals surface area contributed by atoms with E-state index in [4.69, 9.17) is 94.7 Å². The van der Waals surface area contributed by atoms with Gasteiger partial charge in [0.25, 0.3) is 0 Å². The largest absolute Gasteiger partial charge is 0.462 e. The van der Waals surface area contributed by atoms with Crippen LogP contribution < -0.4 is 10.6 Å². The molecule has 12 heterocycles. The maximum atomic E-state index is 14.4. The Hall–Kier alpha value is -5.60. The van der Waals surface area contributed by atoms with Crippen LogP contribution in [0.4, 0.5) is 0 Å². The Balaban J connectivity index is 0.000000220. The summed E-state index contributed by atoms with van der Waals surface area (Å²) in [5.41, 5.74) is 0.228. The monoisotopic (exact) mass is 1810 g/mol.